The Morgan fingerprint density at radius 2 is 1.72 bits per heavy atom. The summed E-state index contributed by atoms with van der Waals surface area (Å²) in [5.41, 5.74) is 4.74. The number of rotatable bonds is 3. The molecule has 0 bridgehead atoms. The normalized spacial score (nSPS) is 18.7. The predicted molar refractivity (Wildman–Crippen MR) is 118 cm³/mol. The number of anilines is 1. The molecule has 0 saturated heterocycles. The SMILES string of the molecule is COc1ccc([C@H]2Oc3ccccc3C3=C2[C@H](c2ccc(F)cc2)n2ncnc2N3)cc1. The van der Waals surface area contributed by atoms with Crippen LogP contribution in [0.25, 0.3) is 5.70 Å². The monoisotopic (exact) mass is 426 g/mol. The van der Waals surface area contributed by atoms with E-state index in [1.165, 1.54) is 18.5 Å². The lowest BCUT2D eigenvalue weighted by Gasteiger charge is -2.39. The van der Waals surface area contributed by atoms with Crippen molar-refractivity contribution in [1.82, 2.24) is 14.8 Å². The average Bonchev–Trinajstić information content (AvgIpc) is 3.31. The van der Waals surface area contributed by atoms with Crippen LogP contribution in [0.1, 0.15) is 28.8 Å². The van der Waals surface area contributed by atoms with Gasteiger partial charge in [-0.25, -0.2) is 9.07 Å². The topological polar surface area (TPSA) is 61.2 Å². The number of benzene rings is 3. The van der Waals surface area contributed by atoms with Crippen LogP contribution in [-0.4, -0.2) is 21.9 Å². The van der Waals surface area contributed by atoms with Crippen molar-refractivity contribution in [1.29, 1.82) is 0 Å². The third-order valence-electron chi connectivity index (χ3n) is 5.93. The summed E-state index contributed by atoms with van der Waals surface area (Å²) in [5.74, 6) is 1.90. The number of halogens is 1. The van der Waals surface area contributed by atoms with Crippen LogP contribution in [0, 0.1) is 5.82 Å². The van der Waals surface area contributed by atoms with Crippen molar-refractivity contribution in [2.75, 3.05) is 12.4 Å². The Balaban J connectivity index is 1.60. The molecule has 6 nitrogen and oxygen atoms in total. The van der Waals surface area contributed by atoms with Crippen LogP contribution in [0.4, 0.5) is 10.3 Å². The van der Waals surface area contributed by atoms with E-state index < -0.39 is 0 Å². The molecule has 0 spiro atoms. The van der Waals surface area contributed by atoms with Gasteiger partial charge in [-0.3, -0.25) is 0 Å². The highest BCUT2D eigenvalue weighted by molar-refractivity contribution is 5.85. The van der Waals surface area contributed by atoms with Gasteiger partial charge in [0.05, 0.1) is 12.8 Å². The second kappa shape index (κ2) is 7.23. The molecule has 158 valence electrons. The van der Waals surface area contributed by atoms with Crippen molar-refractivity contribution in [2.45, 2.75) is 12.1 Å². The molecule has 0 saturated carbocycles. The smallest absolute Gasteiger partial charge is 0.226 e. The fourth-order valence-electron chi connectivity index (χ4n) is 4.44. The standard InChI is InChI=1S/C25H19FN4O2/c1-31-18-12-8-16(9-13-18)24-21-22(19-4-2-3-5-20(19)32-24)29-25-27-14-28-30(25)23(21)15-6-10-17(26)11-7-15/h2-14,23-24H,1H3,(H,27,28,29)/t23-,24+/m0/s1. The molecule has 0 radical (unpaired) electrons. The van der Waals surface area contributed by atoms with Crippen LogP contribution in [0.2, 0.25) is 0 Å². The first-order valence-electron chi connectivity index (χ1n) is 10.3. The molecule has 3 heterocycles. The van der Waals surface area contributed by atoms with Crippen LogP contribution in [-0.2, 0) is 0 Å². The van der Waals surface area contributed by atoms with Crippen molar-refractivity contribution in [3.8, 4) is 11.5 Å². The number of nitrogens with zero attached hydrogens (tertiary/aromatic N) is 3. The van der Waals surface area contributed by atoms with E-state index in [1.807, 2.05) is 53.2 Å². The van der Waals surface area contributed by atoms with Gasteiger partial charge in [0.2, 0.25) is 5.95 Å². The van der Waals surface area contributed by atoms with E-state index in [0.29, 0.717) is 5.95 Å². The first-order valence-corrected chi connectivity index (χ1v) is 10.3. The molecule has 1 aromatic heterocycles. The first kappa shape index (κ1) is 18.6. The van der Waals surface area contributed by atoms with Gasteiger partial charge in [-0.05, 0) is 47.5 Å². The Kier molecular flexibility index (Phi) is 4.21. The highest BCUT2D eigenvalue weighted by Gasteiger charge is 2.40. The van der Waals surface area contributed by atoms with Gasteiger partial charge in [0.25, 0.3) is 0 Å². The lowest BCUT2D eigenvalue weighted by Crippen LogP contribution is -2.32. The molecule has 3 aromatic carbocycles. The van der Waals surface area contributed by atoms with Gasteiger partial charge < -0.3 is 14.8 Å². The fourth-order valence-corrected chi connectivity index (χ4v) is 4.44. The molecule has 0 aliphatic carbocycles. The van der Waals surface area contributed by atoms with Crippen molar-refractivity contribution in [3.05, 3.63) is 107 Å². The Hall–Kier alpha value is -4.13. The zero-order valence-electron chi connectivity index (χ0n) is 17.2. The quantitative estimate of drug-likeness (QED) is 0.500. The summed E-state index contributed by atoms with van der Waals surface area (Å²) in [7, 11) is 1.64. The summed E-state index contributed by atoms with van der Waals surface area (Å²) < 4.78 is 27.4. The number of methoxy groups -OCH3 is 1. The van der Waals surface area contributed by atoms with Crippen LogP contribution < -0.4 is 14.8 Å². The molecule has 1 N–H and O–H groups in total. The van der Waals surface area contributed by atoms with E-state index in [0.717, 1.165) is 39.5 Å². The van der Waals surface area contributed by atoms with Crippen molar-refractivity contribution in [2.24, 2.45) is 0 Å². The van der Waals surface area contributed by atoms with Gasteiger partial charge in [-0.2, -0.15) is 10.1 Å². The highest BCUT2D eigenvalue weighted by atomic mass is 19.1. The number of aromatic nitrogens is 3. The average molecular weight is 426 g/mol. The van der Waals surface area contributed by atoms with Gasteiger partial charge in [-0.1, -0.05) is 36.4 Å². The minimum absolute atomic E-state index is 0.285. The van der Waals surface area contributed by atoms with E-state index in [1.54, 1.807) is 19.2 Å². The zero-order valence-corrected chi connectivity index (χ0v) is 17.2. The minimum Gasteiger partial charge on any atom is -0.497 e. The summed E-state index contributed by atoms with van der Waals surface area (Å²) in [4.78, 5) is 4.41. The third-order valence-corrected chi connectivity index (χ3v) is 5.93. The second-order valence-corrected chi connectivity index (χ2v) is 7.70. The van der Waals surface area contributed by atoms with Gasteiger partial charge in [0, 0.05) is 11.1 Å². The Morgan fingerprint density at radius 1 is 0.969 bits per heavy atom. The maximum atomic E-state index is 13.7. The predicted octanol–water partition coefficient (Wildman–Crippen LogP) is 4.99. The molecule has 0 amide bonds. The molecule has 2 aliphatic rings. The lowest BCUT2D eigenvalue weighted by atomic mass is 9.84. The Labute approximate surface area is 183 Å². The molecule has 2 atom stereocenters. The maximum Gasteiger partial charge on any atom is 0.226 e. The molecule has 32 heavy (non-hydrogen) atoms. The van der Waals surface area contributed by atoms with Crippen molar-refractivity contribution < 1.29 is 13.9 Å². The fraction of sp³-hybridized carbons (Fsp3) is 0.120. The van der Waals surface area contributed by atoms with Crippen molar-refractivity contribution >= 4 is 11.6 Å². The van der Waals surface area contributed by atoms with Crippen LogP contribution in [0.3, 0.4) is 0 Å². The lowest BCUT2D eigenvalue weighted by molar-refractivity contribution is 0.223. The number of fused-ring (bicyclic) bond motifs is 3. The Bertz CT molecular complexity index is 1330. The zero-order chi connectivity index (χ0) is 21.7. The number of para-hydroxylation sites is 1. The summed E-state index contributed by atoms with van der Waals surface area (Å²) in [6.07, 6.45) is 1.14. The molecule has 7 heteroatoms. The van der Waals surface area contributed by atoms with Gasteiger partial charge >= 0.3 is 0 Å². The first-order chi connectivity index (χ1) is 15.7. The van der Waals surface area contributed by atoms with Crippen molar-refractivity contribution in [3.63, 3.8) is 0 Å². The molecular weight excluding hydrogens is 407 g/mol. The molecule has 0 unspecified atom stereocenters. The van der Waals surface area contributed by atoms with Gasteiger partial charge in [0.1, 0.15) is 35.8 Å². The highest BCUT2D eigenvalue weighted by Crippen LogP contribution is 2.50. The molecule has 6 rings (SSSR count). The second-order valence-electron chi connectivity index (χ2n) is 7.70. The number of ether oxygens (including phenoxy) is 2. The molecule has 4 aromatic rings. The van der Waals surface area contributed by atoms with E-state index >= 15 is 0 Å². The van der Waals surface area contributed by atoms with Crippen LogP contribution >= 0.6 is 0 Å². The van der Waals surface area contributed by atoms with Crippen LogP contribution in [0.5, 0.6) is 11.5 Å². The Morgan fingerprint density at radius 3 is 2.50 bits per heavy atom. The summed E-state index contributed by atoms with van der Waals surface area (Å²) in [6, 6.07) is 22.0. The minimum atomic E-state index is -0.384. The summed E-state index contributed by atoms with van der Waals surface area (Å²) in [6.45, 7) is 0. The molecule has 0 fully saturated rings. The largest absolute Gasteiger partial charge is 0.497 e. The molecular formula is C25H19FN4O2. The summed E-state index contributed by atoms with van der Waals surface area (Å²) in [5, 5.41) is 7.94. The summed E-state index contributed by atoms with van der Waals surface area (Å²) >= 11 is 0. The van der Waals surface area contributed by atoms with Crippen LogP contribution in [0.15, 0.2) is 84.7 Å². The number of hydrogen-bond donors (Lipinski definition) is 1. The van der Waals surface area contributed by atoms with E-state index in [2.05, 4.69) is 15.4 Å². The van der Waals surface area contributed by atoms with E-state index in [4.69, 9.17) is 9.47 Å². The van der Waals surface area contributed by atoms with E-state index in [-0.39, 0.29) is 18.0 Å². The molecule has 2 aliphatic heterocycles. The van der Waals surface area contributed by atoms with E-state index in [9.17, 15) is 4.39 Å². The maximum absolute atomic E-state index is 13.7. The van der Waals surface area contributed by atoms with Gasteiger partial charge in [-0.15, -0.1) is 0 Å². The van der Waals surface area contributed by atoms with Gasteiger partial charge in [0.15, 0.2) is 0 Å². The number of hydrogen-bond acceptors (Lipinski definition) is 5. The third kappa shape index (κ3) is 2.85. The number of nitrogens with one attached hydrogen (secondary N) is 1.